The van der Waals surface area contributed by atoms with Crippen LogP contribution < -0.4 is 5.32 Å². The number of aromatic nitrogens is 2. The predicted molar refractivity (Wildman–Crippen MR) is 88.1 cm³/mol. The number of hydrogen-bond acceptors (Lipinski definition) is 4. The van der Waals surface area contributed by atoms with E-state index < -0.39 is 9.84 Å². The van der Waals surface area contributed by atoms with Gasteiger partial charge >= 0.3 is 0 Å². The normalized spacial score (nSPS) is 20.2. The van der Waals surface area contributed by atoms with Crippen LogP contribution in [0.2, 0.25) is 5.02 Å². The third-order valence-corrected chi connectivity index (χ3v) is 5.89. The number of benzene rings is 1. The molecular formula is C15H18ClN3O2S. The first-order valence-electron chi connectivity index (χ1n) is 7.16. The molecule has 0 unspecified atom stereocenters. The van der Waals surface area contributed by atoms with Crippen LogP contribution in [0, 0.1) is 6.92 Å². The molecule has 3 rings (SSSR count). The molecule has 1 aromatic heterocycles. The van der Waals surface area contributed by atoms with E-state index in [0.717, 1.165) is 21.8 Å². The van der Waals surface area contributed by atoms with Crippen LogP contribution in [0.5, 0.6) is 0 Å². The van der Waals surface area contributed by atoms with Gasteiger partial charge in [-0.15, -0.1) is 0 Å². The van der Waals surface area contributed by atoms with E-state index in [0.29, 0.717) is 13.0 Å². The summed E-state index contributed by atoms with van der Waals surface area (Å²) in [5.74, 6) is 0.451. The van der Waals surface area contributed by atoms with E-state index in [4.69, 9.17) is 11.6 Å². The largest absolute Gasteiger partial charge is 0.381 e. The van der Waals surface area contributed by atoms with Crippen molar-refractivity contribution in [2.75, 3.05) is 16.8 Å². The zero-order valence-electron chi connectivity index (χ0n) is 12.3. The lowest BCUT2D eigenvalue weighted by molar-refractivity contribution is 0.499. The number of rotatable bonds is 4. The molecule has 0 amide bonds. The molecule has 7 heteroatoms. The van der Waals surface area contributed by atoms with Gasteiger partial charge in [0, 0.05) is 29.0 Å². The van der Waals surface area contributed by atoms with E-state index in [9.17, 15) is 8.42 Å². The summed E-state index contributed by atoms with van der Waals surface area (Å²) in [5.41, 5.74) is 3.14. The summed E-state index contributed by atoms with van der Waals surface area (Å²) in [7, 11) is -2.89. The van der Waals surface area contributed by atoms with Crippen molar-refractivity contribution in [2.24, 2.45) is 0 Å². The molecular weight excluding hydrogens is 322 g/mol. The van der Waals surface area contributed by atoms with E-state index in [2.05, 4.69) is 10.4 Å². The van der Waals surface area contributed by atoms with E-state index in [1.54, 1.807) is 10.9 Å². The van der Waals surface area contributed by atoms with Crippen molar-refractivity contribution in [1.29, 1.82) is 0 Å². The van der Waals surface area contributed by atoms with Gasteiger partial charge in [-0.05, 0) is 37.1 Å². The molecule has 0 spiro atoms. The van der Waals surface area contributed by atoms with Crippen LogP contribution >= 0.6 is 11.6 Å². The molecule has 1 aromatic carbocycles. The second-order valence-corrected chi connectivity index (χ2v) is 8.36. The Bertz CT molecular complexity index is 786. The van der Waals surface area contributed by atoms with Crippen LogP contribution in [0.25, 0.3) is 0 Å². The van der Waals surface area contributed by atoms with Crippen molar-refractivity contribution < 1.29 is 8.42 Å². The van der Waals surface area contributed by atoms with Crippen LogP contribution in [0.4, 0.5) is 5.69 Å². The number of nitrogens with one attached hydrogen (secondary N) is 1. The number of nitrogens with zero attached hydrogens (tertiary/aromatic N) is 2. The zero-order valence-corrected chi connectivity index (χ0v) is 13.9. The Hall–Kier alpha value is -1.53. The maximum absolute atomic E-state index is 11.5. The lowest BCUT2D eigenvalue weighted by Crippen LogP contribution is -2.11. The van der Waals surface area contributed by atoms with Gasteiger partial charge in [0.2, 0.25) is 0 Å². The van der Waals surface area contributed by atoms with Crippen LogP contribution in [0.15, 0.2) is 30.6 Å². The van der Waals surface area contributed by atoms with Crippen LogP contribution in [0.1, 0.15) is 23.6 Å². The minimum atomic E-state index is -2.89. The number of sulfone groups is 1. The topological polar surface area (TPSA) is 64.0 Å². The fourth-order valence-electron chi connectivity index (χ4n) is 2.68. The van der Waals surface area contributed by atoms with Gasteiger partial charge in [0.15, 0.2) is 9.84 Å². The highest BCUT2D eigenvalue weighted by Crippen LogP contribution is 2.24. The van der Waals surface area contributed by atoms with Crippen molar-refractivity contribution in [1.82, 2.24) is 9.78 Å². The van der Waals surface area contributed by atoms with Crippen LogP contribution in [-0.2, 0) is 16.4 Å². The smallest absolute Gasteiger partial charge is 0.152 e. The molecule has 0 aliphatic carbocycles. The number of aryl methyl sites for hydroxylation is 1. The highest BCUT2D eigenvalue weighted by molar-refractivity contribution is 7.91. The van der Waals surface area contributed by atoms with Crippen molar-refractivity contribution >= 4 is 27.1 Å². The quantitative estimate of drug-likeness (QED) is 0.930. The maximum Gasteiger partial charge on any atom is 0.152 e. The first kappa shape index (κ1) is 15.4. The average molecular weight is 340 g/mol. The Labute approximate surface area is 135 Å². The lowest BCUT2D eigenvalue weighted by atomic mass is 10.2. The Morgan fingerprint density at radius 1 is 1.45 bits per heavy atom. The predicted octanol–water partition coefficient (Wildman–Crippen LogP) is 2.82. The van der Waals surface area contributed by atoms with Gasteiger partial charge in [0.25, 0.3) is 0 Å². The van der Waals surface area contributed by atoms with Crippen molar-refractivity contribution in [3.8, 4) is 0 Å². The molecule has 0 radical (unpaired) electrons. The summed E-state index contributed by atoms with van der Waals surface area (Å²) in [6.07, 6.45) is 4.35. The van der Waals surface area contributed by atoms with E-state index in [1.165, 1.54) is 0 Å². The monoisotopic (exact) mass is 339 g/mol. The van der Waals surface area contributed by atoms with Gasteiger partial charge in [-0.25, -0.2) is 8.42 Å². The first-order valence-corrected chi connectivity index (χ1v) is 9.36. The van der Waals surface area contributed by atoms with Crippen LogP contribution in [-0.4, -0.2) is 29.7 Å². The maximum atomic E-state index is 11.5. The Morgan fingerprint density at radius 3 is 2.95 bits per heavy atom. The van der Waals surface area contributed by atoms with Gasteiger partial charge in [-0.3, -0.25) is 4.68 Å². The number of hydrogen-bond donors (Lipinski definition) is 1. The zero-order chi connectivity index (χ0) is 15.7. The number of halogens is 1. The molecule has 1 atom stereocenters. The summed E-state index contributed by atoms with van der Waals surface area (Å²) in [5, 5.41) is 8.37. The van der Waals surface area contributed by atoms with Crippen molar-refractivity contribution in [3.05, 3.63) is 46.7 Å². The summed E-state index contributed by atoms with van der Waals surface area (Å²) in [6, 6.07) is 5.68. The summed E-state index contributed by atoms with van der Waals surface area (Å²) >= 11 is 5.94. The first-order chi connectivity index (χ1) is 10.4. The van der Waals surface area contributed by atoms with Crippen LogP contribution in [0.3, 0.4) is 0 Å². The molecule has 1 aliphatic rings. The molecule has 1 N–H and O–H groups in total. The van der Waals surface area contributed by atoms with Crippen molar-refractivity contribution in [3.63, 3.8) is 0 Å². The van der Waals surface area contributed by atoms with Gasteiger partial charge < -0.3 is 5.32 Å². The fraction of sp³-hybridized carbons (Fsp3) is 0.400. The Morgan fingerprint density at radius 2 is 2.27 bits per heavy atom. The van der Waals surface area contributed by atoms with Gasteiger partial charge in [-0.2, -0.15) is 5.10 Å². The molecule has 1 aliphatic heterocycles. The summed E-state index contributed by atoms with van der Waals surface area (Å²) in [4.78, 5) is 0. The molecule has 0 saturated carbocycles. The lowest BCUT2D eigenvalue weighted by Gasteiger charge is -2.09. The van der Waals surface area contributed by atoms with Crippen molar-refractivity contribution in [2.45, 2.75) is 25.9 Å². The van der Waals surface area contributed by atoms with E-state index in [1.807, 2.05) is 31.3 Å². The summed E-state index contributed by atoms with van der Waals surface area (Å²) in [6.45, 7) is 2.64. The third-order valence-electron chi connectivity index (χ3n) is 3.91. The molecule has 0 bridgehead atoms. The molecule has 22 heavy (non-hydrogen) atoms. The number of anilines is 1. The SMILES string of the molecule is Cc1cc(Cl)ccc1NCc1cnn([C@H]2CCS(=O)(=O)C2)c1. The van der Waals surface area contributed by atoms with Gasteiger partial charge in [0.05, 0.1) is 23.7 Å². The highest BCUT2D eigenvalue weighted by Gasteiger charge is 2.29. The molecule has 118 valence electrons. The third kappa shape index (κ3) is 3.44. The van der Waals surface area contributed by atoms with Gasteiger partial charge in [-0.1, -0.05) is 11.6 Å². The Kier molecular flexibility index (Phi) is 4.14. The second-order valence-electron chi connectivity index (χ2n) is 5.70. The molecule has 2 heterocycles. The molecule has 5 nitrogen and oxygen atoms in total. The highest BCUT2D eigenvalue weighted by atomic mass is 35.5. The fourth-order valence-corrected chi connectivity index (χ4v) is 4.61. The van der Waals surface area contributed by atoms with Gasteiger partial charge in [0.1, 0.15) is 0 Å². The minimum absolute atomic E-state index is 0.0315. The standard InChI is InChI=1S/C15H18ClN3O2S/c1-11-6-13(16)2-3-15(11)17-7-12-8-18-19(9-12)14-4-5-22(20,21)10-14/h2-3,6,8-9,14,17H,4-5,7,10H2,1H3/t14-/m0/s1. The Balaban J connectivity index is 1.65. The molecule has 1 saturated heterocycles. The molecule has 2 aromatic rings. The van der Waals surface area contributed by atoms with E-state index >= 15 is 0 Å². The van der Waals surface area contributed by atoms with E-state index in [-0.39, 0.29) is 17.5 Å². The molecule has 1 fully saturated rings. The summed E-state index contributed by atoms with van der Waals surface area (Å²) < 4.78 is 24.8. The average Bonchev–Trinajstić information content (AvgIpc) is 3.04. The minimum Gasteiger partial charge on any atom is -0.381 e. The second kappa shape index (κ2) is 5.93.